The Morgan fingerprint density at radius 3 is 2.08 bits per heavy atom. The third-order valence-electron chi connectivity index (χ3n) is 4.23. The van der Waals surface area contributed by atoms with E-state index in [4.69, 9.17) is 0 Å². The Morgan fingerprint density at radius 2 is 1.54 bits per heavy atom. The molecule has 4 heteroatoms. The fraction of sp³-hybridized carbons (Fsp3) is 0.318. The van der Waals surface area contributed by atoms with Crippen LogP contribution in [0.15, 0.2) is 60.7 Å². The molecule has 1 unspecified atom stereocenters. The number of hydrogen-bond acceptors (Lipinski definition) is 1. The number of Topliss-reactive ketones (excluding diaryl/α,β-unsaturated/α-hetero) is 1. The summed E-state index contributed by atoms with van der Waals surface area (Å²) in [4.78, 5) is 12.6. The van der Waals surface area contributed by atoms with Crippen molar-refractivity contribution in [3.05, 3.63) is 71.8 Å². The molecule has 0 heterocycles. The van der Waals surface area contributed by atoms with Gasteiger partial charge in [0.1, 0.15) is 0 Å². The van der Waals surface area contributed by atoms with Crippen LogP contribution in [0.1, 0.15) is 48.5 Å². The van der Waals surface area contributed by atoms with Crippen molar-refractivity contribution in [2.24, 2.45) is 0 Å². The van der Waals surface area contributed by atoms with Crippen LogP contribution in [0.25, 0.3) is 0 Å². The van der Waals surface area contributed by atoms with Crippen LogP contribution >= 0.6 is 0 Å². The molecule has 0 fully saturated rings. The summed E-state index contributed by atoms with van der Waals surface area (Å²) < 4.78 is 42.6. The monoisotopic (exact) mass is 358 g/mol. The first-order valence-electron chi connectivity index (χ1n) is 8.61. The van der Waals surface area contributed by atoms with Crippen molar-refractivity contribution >= 4 is 5.78 Å². The van der Waals surface area contributed by atoms with Crippen molar-refractivity contribution < 1.29 is 18.0 Å². The van der Waals surface area contributed by atoms with E-state index in [1.165, 1.54) is 36.4 Å². The van der Waals surface area contributed by atoms with E-state index >= 15 is 0 Å². The quantitative estimate of drug-likeness (QED) is 0.354. The Morgan fingerprint density at radius 1 is 0.962 bits per heavy atom. The molecule has 0 radical (unpaired) electrons. The van der Waals surface area contributed by atoms with Crippen LogP contribution in [-0.4, -0.2) is 12.0 Å². The number of carbonyl (C=O) groups excluding carboxylic acids is 1. The van der Waals surface area contributed by atoms with Gasteiger partial charge in [0.25, 0.3) is 0 Å². The van der Waals surface area contributed by atoms with Gasteiger partial charge in [0.05, 0.1) is 0 Å². The van der Waals surface area contributed by atoms with E-state index in [9.17, 15) is 18.0 Å². The normalized spacial score (nSPS) is 13.4. The number of alkyl halides is 3. The second-order valence-corrected chi connectivity index (χ2v) is 6.14. The highest BCUT2D eigenvalue weighted by Gasteiger charge is 2.56. The number of hydrogen-bond donors (Lipinski definition) is 0. The summed E-state index contributed by atoms with van der Waals surface area (Å²) in [5.74, 6) is 4.52. The highest BCUT2D eigenvalue weighted by molar-refractivity contribution is 5.97. The molecule has 0 spiro atoms. The van der Waals surface area contributed by atoms with E-state index in [0.717, 1.165) is 12.8 Å². The maximum absolute atomic E-state index is 14.2. The molecule has 2 rings (SSSR count). The number of carbonyl (C=O) groups is 1. The zero-order chi connectivity index (χ0) is 19.0. The number of halogens is 3. The van der Waals surface area contributed by atoms with Crippen molar-refractivity contribution in [3.63, 3.8) is 0 Å². The second-order valence-electron chi connectivity index (χ2n) is 6.14. The lowest BCUT2D eigenvalue weighted by molar-refractivity contribution is -0.172. The van der Waals surface area contributed by atoms with Crippen molar-refractivity contribution in [2.45, 2.75) is 44.2 Å². The molecular weight excluding hydrogens is 337 g/mol. The van der Waals surface area contributed by atoms with Gasteiger partial charge in [0, 0.05) is 18.4 Å². The Balaban J connectivity index is 2.51. The molecule has 0 aliphatic rings. The SMILES string of the molecule is CCCCC#CC(CC(=O)c1ccccc1)(c1ccccc1)C(F)(F)F. The van der Waals surface area contributed by atoms with E-state index in [0.29, 0.717) is 6.42 Å². The summed E-state index contributed by atoms with van der Waals surface area (Å²) in [6.45, 7) is 1.95. The van der Waals surface area contributed by atoms with E-state index < -0.39 is 23.8 Å². The maximum atomic E-state index is 14.2. The zero-order valence-electron chi connectivity index (χ0n) is 14.6. The van der Waals surface area contributed by atoms with Crippen molar-refractivity contribution in [1.29, 1.82) is 0 Å². The molecule has 0 aliphatic carbocycles. The van der Waals surface area contributed by atoms with E-state index in [1.807, 2.05) is 6.92 Å². The zero-order valence-corrected chi connectivity index (χ0v) is 14.6. The van der Waals surface area contributed by atoms with Crippen LogP contribution in [0, 0.1) is 11.8 Å². The van der Waals surface area contributed by atoms with E-state index in [-0.39, 0.29) is 11.1 Å². The highest BCUT2D eigenvalue weighted by atomic mass is 19.4. The molecule has 2 aromatic carbocycles. The molecule has 26 heavy (non-hydrogen) atoms. The molecule has 0 saturated carbocycles. The second kappa shape index (κ2) is 8.71. The smallest absolute Gasteiger partial charge is 0.294 e. The lowest BCUT2D eigenvalue weighted by Crippen LogP contribution is -2.43. The summed E-state index contributed by atoms with van der Waals surface area (Å²) in [6.07, 6.45) is -3.45. The molecule has 1 atom stereocenters. The summed E-state index contributed by atoms with van der Waals surface area (Å²) in [5.41, 5.74) is -2.25. The van der Waals surface area contributed by atoms with E-state index in [1.54, 1.807) is 24.3 Å². The third-order valence-corrected chi connectivity index (χ3v) is 4.23. The molecule has 0 bridgehead atoms. The minimum absolute atomic E-state index is 0.000722. The van der Waals surface area contributed by atoms with Crippen LogP contribution in [0.2, 0.25) is 0 Å². The fourth-order valence-electron chi connectivity index (χ4n) is 2.72. The number of ketones is 1. The van der Waals surface area contributed by atoms with Gasteiger partial charge in [-0.05, 0) is 12.0 Å². The van der Waals surface area contributed by atoms with Crippen LogP contribution in [-0.2, 0) is 5.41 Å². The first-order chi connectivity index (χ1) is 12.4. The van der Waals surface area contributed by atoms with E-state index in [2.05, 4.69) is 11.8 Å². The first kappa shape index (κ1) is 19.8. The van der Waals surface area contributed by atoms with Crippen LogP contribution < -0.4 is 0 Å². The Bertz CT molecular complexity index is 770. The van der Waals surface area contributed by atoms with Crippen LogP contribution in [0.5, 0.6) is 0 Å². The van der Waals surface area contributed by atoms with Crippen LogP contribution in [0.4, 0.5) is 13.2 Å². The van der Waals surface area contributed by atoms with Gasteiger partial charge in [-0.15, -0.1) is 5.92 Å². The Labute approximate surface area is 152 Å². The fourth-order valence-corrected chi connectivity index (χ4v) is 2.72. The standard InChI is InChI=1S/C22H21F3O/c1-2-3-4-11-16-21(22(23,24)25,19-14-9-6-10-15-19)17-20(26)18-12-7-5-8-13-18/h5-10,12-15H,2-4,17H2,1H3. The summed E-state index contributed by atoms with van der Waals surface area (Å²) >= 11 is 0. The molecule has 2 aromatic rings. The highest BCUT2D eigenvalue weighted by Crippen LogP contribution is 2.44. The number of benzene rings is 2. The van der Waals surface area contributed by atoms with Crippen molar-refractivity contribution in [1.82, 2.24) is 0 Å². The molecule has 0 aliphatic heterocycles. The Hall–Kier alpha value is -2.54. The summed E-state index contributed by atoms with van der Waals surface area (Å²) in [7, 11) is 0. The number of unbranched alkanes of at least 4 members (excludes halogenated alkanes) is 2. The molecule has 0 N–H and O–H groups in total. The molecule has 0 saturated heterocycles. The minimum atomic E-state index is -4.67. The van der Waals surface area contributed by atoms with Gasteiger partial charge in [-0.3, -0.25) is 4.79 Å². The molecular formula is C22H21F3O. The molecule has 0 amide bonds. The summed E-state index contributed by atoms with van der Waals surface area (Å²) in [5, 5.41) is 0. The summed E-state index contributed by atoms with van der Waals surface area (Å²) in [6, 6.07) is 15.5. The van der Waals surface area contributed by atoms with Gasteiger partial charge in [0.15, 0.2) is 11.2 Å². The van der Waals surface area contributed by atoms with Gasteiger partial charge in [-0.2, -0.15) is 13.2 Å². The predicted molar refractivity (Wildman–Crippen MR) is 96.9 cm³/mol. The predicted octanol–water partition coefficient (Wildman–Crippen LogP) is 5.95. The molecule has 0 aromatic heterocycles. The third kappa shape index (κ3) is 4.54. The van der Waals surface area contributed by atoms with Crippen LogP contribution in [0.3, 0.4) is 0 Å². The van der Waals surface area contributed by atoms with Gasteiger partial charge in [0.2, 0.25) is 0 Å². The lowest BCUT2D eigenvalue weighted by atomic mass is 9.75. The first-order valence-corrected chi connectivity index (χ1v) is 8.61. The van der Waals surface area contributed by atoms with Gasteiger partial charge in [-0.25, -0.2) is 0 Å². The van der Waals surface area contributed by atoms with Gasteiger partial charge in [-0.1, -0.05) is 79.9 Å². The Kier molecular flexibility index (Phi) is 6.63. The molecule has 136 valence electrons. The average Bonchev–Trinajstić information content (AvgIpc) is 2.64. The minimum Gasteiger partial charge on any atom is -0.294 e. The topological polar surface area (TPSA) is 17.1 Å². The van der Waals surface area contributed by atoms with Gasteiger partial charge >= 0.3 is 6.18 Å². The van der Waals surface area contributed by atoms with Crippen molar-refractivity contribution in [3.8, 4) is 11.8 Å². The largest absolute Gasteiger partial charge is 0.409 e. The van der Waals surface area contributed by atoms with Gasteiger partial charge < -0.3 is 0 Å². The number of rotatable bonds is 6. The van der Waals surface area contributed by atoms with Crippen molar-refractivity contribution in [2.75, 3.05) is 0 Å². The maximum Gasteiger partial charge on any atom is 0.409 e. The molecule has 1 nitrogen and oxygen atoms in total. The average molecular weight is 358 g/mol. The lowest BCUT2D eigenvalue weighted by Gasteiger charge is -2.31.